The van der Waals surface area contributed by atoms with Crippen LogP contribution in [0, 0.1) is 0 Å². The number of Topliss-reactive ketones (excluding diaryl/α,β-unsaturated/α-hetero) is 1. The van der Waals surface area contributed by atoms with Gasteiger partial charge in [-0.1, -0.05) is 11.6 Å². The molecule has 0 spiro atoms. The molecule has 0 bridgehead atoms. The molecule has 3 N–H and O–H groups in total. The number of rotatable bonds is 1. The number of ketones is 1. The van der Waals surface area contributed by atoms with Crippen molar-refractivity contribution < 1.29 is 24.9 Å². The SMILES string of the molecule is CC(=O)[C@]1(Cl)OC[C@@H](O)[C@@H](O)[C@@H]1O. The Morgan fingerprint density at radius 3 is 2.54 bits per heavy atom. The standard InChI is InChI=1S/C7H11ClO5/c1-3(9)7(8)6(12)5(11)4(10)2-13-7/h4-6,10-12H,2H2,1H3/t4-,5-,6+,7+/m1/s1. The van der Waals surface area contributed by atoms with Gasteiger partial charge in [0.25, 0.3) is 0 Å². The number of aliphatic hydroxyl groups is 3. The van der Waals surface area contributed by atoms with E-state index in [9.17, 15) is 15.0 Å². The van der Waals surface area contributed by atoms with Crippen LogP contribution in [0.1, 0.15) is 6.92 Å². The van der Waals surface area contributed by atoms with Crippen LogP contribution in [0.25, 0.3) is 0 Å². The predicted molar refractivity (Wildman–Crippen MR) is 43.2 cm³/mol. The minimum atomic E-state index is -1.93. The Bertz CT molecular complexity index is 221. The van der Waals surface area contributed by atoms with Crippen LogP contribution in [0.5, 0.6) is 0 Å². The molecule has 1 saturated heterocycles. The quantitative estimate of drug-likeness (QED) is 0.465. The lowest BCUT2D eigenvalue weighted by Gasteiger charge is -2.39. The van der Waals surface area contributed by atoms with Crippen LogP contribution in [-0.4, -0.2) is 51.1 Å². The predicted octanol–water partition coefficient (Wildman–Crippen LogP) is -1.38. The maximum atomic E-state index is 11.0. The van der Waals surface area contributed by atoms with Gasteiger partial charge in [0.1, 0.15) is 18.3 Å². The Hall–Kier alpha value is -0.200. The Kier molecular flexibility index (Phi) is 2.94. The lowest BCUT2D eigenvalue weighted by molar-refractivity contribution is -0.203. The summed E-state index contributed by atoms with van der Waals surface area (Å²) in [6, 6.07) is 0. The van der Waals surface area contributed by atoms with Crippen LogP contribution >= 0.6 is 11.6 Å². The van der Waals surface area contributed by atoms with Crippen molar-refractivity contribution in [1.82, 2.24) is 0 Å². The zero-order chi connectivity index (χ0) is 10.2. The van der Waals surface area contributed by atoms with E-state index in [4.69, 9.17) is 21.4 Å². The smallest absolute Gasteiger partial charge is 0.228 e. The van der Waals surface area contributed by atoms with Gasteiger partial charge in [-0.15, -0.1) is 0 Å². The summed E-state index contributed by atoms with van der Waals surface area (Å²) in [7, 11) is 0. The highest BCUT2D eigenvalue weighted by Gasteiger charge is 2.51. The fourth-order valence-corrected chi connectivity index (χ4v) is 1.32. The van der Waals surface area contributed by atoms with E-state index >= 15 is 0 Å². The molecule has 1 rings (SSSR count). The molecule has 1 aliphatic rings. The fourth-order valence-electron chi connectivity index (χ4n) is 1.13. The molecule has 0 radical (unpaired) electrons. The van der Waals surface area contributed by atoms with Crippen molar-refractivity contribution in [2.75, 3.05) is 6.61 Å². The van der Waals surface area contributed by atoms with Gasteiger partial charge in [0.05, 0.1) is 6.61 Å². The van der Waals surface area contributed by atoms with E-state index in [-0.39, 0.29) is 6.61 Å². The topological polar surface area (TPSA) is 87.0 Å². The monoisotopic (exact) mass is 210 g/mol. The molecule has 5 nitrogen and oxygen atoms in total. The van der Waals surface area contributed by atoms with E-state index in [0.29, 0.717) is 0 Å². The second-order valence-corrected chi connectivity index (χ2v) is 3.58. The van der Waals surface area contributed by atoms with Gasteiger partial charge >= 0.3 is 0 Å². The molecule has 0 aromatic carbocycles. The third-order valence-corrected chi connectivity index (χ3v) is 2.64. The van der Waals surface area contributed by atoms with Crippen LogP contribution in [0.15, 0.2) is 0 Å². The summed E-state index contributed by atoms with van der Waals surface area (Å²) < 4.78 is 4.78. The molecule has 1 fully saturated rings. The van der Waals surface area contributed by atoms with Gasteiger partial charge in [0, 0.05) is 0 Å². The summed E-state index contributed by atoms with van der Waals surface area (Å²) in [6.07, 6.45) is -4.30. The van der Waals surface area contributed by atoms with Gasteiger partial charge in [-0.25, -0.2) is 0 Å². The zero-order valence-electron chi connectivity index (χ0n) is 6.98. The van der Waals surface area contributed by atoms with Crippen molar-refractivity contribution in [2.45, 2.75) is 30.3 Å². The molecule has 0 saturated carbocycles. The fraction of sp³-hybridized carbons (Fsp3) is 0.857. The van der Waals surface area contributed by atoms with Crippen molar-refractivity contribution in [3.05, 3.63) is 0 Å². The van der Waals surface area contributed by atoms with Crippen molar-refractivity contribution in [3.63, 3.8) is 0 Å². The van der Waals surface area contributed by atoms with Crippen molar-refractivity contribution in [3.8, 4) is 0 Å². The van der Waals surface area contributed by atoms with Crippen molar-refractivity contribution in [2.24, 2.45) is 0 Å². The molecule has 4 atom stereocenters. The summed E-state index contributed by atoms with van der Waals surface area (Å²) in [5, 5.41) is 25.7. The van der Waals surface area contributed by atoms with Gasteiger partial charge in [-0.3, -0.25) is 4.79 Å². The van der Waals surface area contributed by atoms with Gasteiger partial charge in [0.15, 0.2) is 5.78 Å². The first-order chi connectivity index (χ1) is 5.89. The van der Waals surface area contributed by atoms with Crippen LogP contribution < -0.4 is 0 Å². The first kappa shape index (κ1) is 10.9. The van der Waals surface area contributed by atoms with Crippen LogP contribution in [0.4, 0.5) is 0 Å². The molecule has 1 heterocycles. The third-order valence-electron chi connectivity index (χ3n) is 2.04. The molecule has 6 heteroatoms. The number of ether oxygens (including phenoxy) is 1. The third kappa shape index (κ3) is 1.70. The van der Waals surface area contributed by atoms with Crippen molar-refractivity contribution in [1.29, 1.82) is 0 Å². The van der Waals surface area contributed by atoms with E-state index in [1.807, 2.05) is 0 Å². The molecular weight excluding hydrogens is 200 g/mol. The Morgan fingerprint density at radius 1 is 1.54 bits per heavy atom. The number of carbonyl (C=O) groups excluding carboxylic acids is 1. The van der Waals surface area contributed by atoms with E-state index in [1.165, 1.54) is 0 Å². The number of hydrogen-bond donors (Lipinski definition) is 3. The normalized spacial score (nSPS) is 46.1. The molecule has 0 aromatic heterocycles. The molecule has 76 valence electrons. The van der Waals surface area contributed by atoms with E-state index in [0.717, 1.165) is 6.92 Å². The molecule has 0 unspecified atom stereocenters. The summed E-state index contributed by atoms with van der Waals surface area (Å²) in [6.45, 7) is 0.863. The second kappa shape index (κ2) is 3.51. The summed E-state index contributed by atoms with van der Waals surface area (Å²) >= 11 is 5.63. The second-order valence-electron chi connectivity index (χ2n) is 3.01. The number of aliphatic hydroxyl groups excluding tert-OH is 3. The average Bonchev–Trinajstić information content (AvgIpc) is 2.08. The van der Waals surface area contributed by atoms with Gasteiger partial charge in [-0.2, -0.15) is 0 Å². The maximum Gasteiger partial charge on any atom is 0.228 e. The Labute approximate surface area is 79.9 Å². The molecule has 13 heavy (non-hydrogen) atoms. The Morgan fingerprint density at radius 2 is 2.08 bits per heavy atom. The highest BCUT2D eigenvalue weighted by molar-refractivity contribution is 6.34. The van der Waals surface area contributed by atoms with E-state index in [1.54, 1.807) is 0 Å². The number of alkyl halides is 1. The molecule has 0 amide bonds. The summed E-state index contributed by atoms with van der Waals surface area (Å²) in [5.74, 6) is -0.604. The summed E-state index contributed by atoms with van der Waals surface area (Å²) in [5.41, 5.74) is 0. The molecule has 0 aromatic rings. The number of carbonyl (C=O) groups is 1. The first-order valence-electron chi connectivity index (χ1n) is 3.77. The minimum absolute atomic E-state index is 0.276. The van der Waals surface area contributed by atoms with Gasteiger partial charge < -0.3 is 20.1 Å². The van der Waals surface area contributed by atoms with Gasteiger partial charge in [-0.05, 0) is 6.92 Å². The zero-order valence-corrected chi connectivity index (χ0v) is 7.73. The number of halogens is 1. The molecule has 0 aliphatic carbocycles. The Balaban J connectivity index is 2.85. The molecule has 1 aliphatic heterocycles. The van der Waals surface area contributed by atoms with Crippen LogP contribution in [0.2, 0.25) is 0 Å². The lowest BCUT2D eigenvalue weighted by Crippen LogP contribution is -2.60. The van der Waals surface area contributed by atoms with Crippen LogP contribution in [-0.2, 0) is 9.53 Å². The largest absolute Gasteiger partial charge is 0.388 e. The highest BCUT2D eigenvalue weighted by Crippen LogP contribution is 2.30. The van der Waals surface area contributed by atoms with E-state index < -0.39 is 29.2 Å². The van der Waals surface area contributed by atoms with E-state index in [2.05, 4.69) is 0 Å². The minimum Gasteiger partial charge on any atom is -0.388 e. The van der Waals surface area contributed by atoms with Crippen molar-refractivity contribution >= 4 is 17.4 Å². The van der Waals surface area contributed by atoms with Crippen LogP contribution in [0.3, 0.4) is 0 Å². The maximum absolute atomic E-state index is 11.0. The average molecular weight is 211 g/mol. The number of hydrogen-bond acceptors (Lipinski definition) is 5. The summed E-state index contributed by atoms with van der Waals surface area (Å²) in [4.78, 5) is 11.0. The first-order valence-corrected chi connectivity index (χ1v) is 4.15. The highest BCUT2D eigenvalue weighted by atomic mass is 35.5. The lowest BCUT2D eigenvalue weighted by atomic mass is 9.97. The van der Waals surface area contributed by atoms with Gasteiger partial charge in [0.2, 0.25) is 5.06 Å². The molecular formula is C7H11ClO5.